The van der Waals surface area contributed by atoms with Gasteiger partial charge in [-0.25, -0.2) is 4.98 Å². The van der Waals surface area contributed by atoms with E-state index in [9.17, 15) is 0 Å². The minimum Gasteiger partial charge on any atom is -0.489 e. The smallest absolute Gasteiger partial charge is 0.143 e. The number of pyridine rings is 1. The fraction of sp³-hybridized carbons (Fsp3) is 0.318. The van der Waals surface area contributed by atoms with E-state index >= 15 is 0 Å². The molecule has 1 atom stereocenters. The monoisotopic (exact) mass is 374 g/mol. The van der Waals surface area contributed by atoms with Gasteiger partial charge < -0.3 is 25.1 Å². The first-order chi connectivity index (χ1) is 13.8. The van der Waals surface area contributed by atoms with Crippen LogP contribution in [0, 0.1) is 11.8 Å². The molecule has 2 aliphatic rings. The van der Waals surface area contributed by atoms with Gasteiger partial charge in [0.2, 0.25) is 0 Å². The van der Waals surface area contributed by atoms with Crippen LogP contribution in [0.15, 0.2) is 36.7 Å². The second-order valence-corrected chi connectivity index (χ2v) is 7.08. The van der Waals surface area contributed by atoms with Crippen molar-refractivity contribution in [2.24, 2.45) is 5.73 Å². The van der Waals surface area contributed by atoms with E-state index in [2.05, 4.69) is 51.0 Å². The summed E-state index contributed by atoms with van der Waals surface area (Å²) < 4.78 is 11.6. The van der Waals surface area contributed by atoms with Crippen LogP contribution in [0.1, 0.15) is 12.0 Å². The Balaban J connectivity index is 1.50. The van der Waals surface area contributed by atoms with Crippen molar-refractivity contribution < 1.29 is 9.47 Å². The number of morpholine rings is 1. The third kappa shape index (κ3) is 2.99. The molecule has 2 aromatic heterocycles. The van der Waals surface area contributed by atoms with Crippen LogP contribution in [0.2, 0.25) is 0 Å². The van der Waals surface area contributed by atoms with Gasteiger partial charge in [-0.3, -0.25) is 0 Å². The van der Waals surface area contributed by atoms with Crippen LogP contribution in [0.25, 0.3) is 22.2 Å². The number of nitrogens with two attached hydrogens (primary N) is 1. The van der Waals surface area contributed by atoms with Gasteiger partial charge in [-0.15, -0.1) is 0 Å². The molecule has 2 aliphatic heterocycles. The third-order valence-electron chi connectivity index (χ3n) is 5.28. The molecule has 0 saturated carbocycles. The summed E-state index contributed by atoms with van der Waals surface area (Å²) in [5.74, 6) is 7.21. The number of hydrogen-bond acceptors (Lipinski definition) is 5. The standard InChI is InChI=1S/C22H22N4O2/c23-6-2-1-3-16-11-24-22-19(16)9-17(12-25-22)15-4-5-20-21(10-15)28-14-18-13-27-8-7-26(18)20/h4-5,9-12,18H,2,6-8,13-14,23H2,(H,24,25). The topological polar surface area (TPSA) is 76.4 Å². The van der Waals surface area contributed by atoms with Crippen molar-refractivity contribution in [3.05, 3.63) is 42.2 Å². The fourth-order valence-corrected chi connectivity index (χ4v) is 3.84. The second-order valence-electron chi connectivity index (χ2n) is 7.08. The molecule has 6 nitrogen and oxygen atoms in total. The number of H-pyrrole nitrogens is 1. The molecule has 3 N–H and O–H groups in total. The minimum atomic E-state index is 0.305. The molecule has 4 heterocycles. The molecule has 28 heavy (non-hydrogen) atoms. The Kier molecular flexibility index (Phi) is 4.40. The zero-order valence-electron chi connectivity index (χ0n) is 15.6. The lowest BCUT2D eigenvalue weighted by atomic mass is 10.0. The number of anilines is 1. The summed E-state index contributed by atoms with van der Waals surface area (Å²) >= 11 is 0. The summed E-state index contributed by atoms with van der Waals surface area (Å²) in [4.78, 5) is 10.1. The number of rotatable bonds is 2. The second kappa shape index (κ2) is 7.19. The van der Waals surface area contributed by atoms with E-state index in [1.165, 1.54) is 0 Å². The van der Waals surface area contributed by atoms with Gasteiger partial charge in [0, 0.05) is 42.9 Å². The van der Waals surface area contributed by atoms with E-state index in [0.29, 0.717) is 25.6 Å². The number of nitrogens with zero attached hydrogens (tertiary/aromatic N) is 2. The van der Waals surface area contributed by atoms with Crippen molar-refractivity contribution in [3.63, 3.8) is 0 Å². The number of fused-ring (bicyclic) bond motifs is 4. The molecular formula is C22H22N4O2. The molecule has 1 fully saturated rings. The average Bonchev–Trinajstić information content (AvgIpc) is 3.16. The predicted octanol–water partition coefficient (Wildman–Crippen LogP) is 2.53. The summed E-state index contributed by atoms with van der Waals surface area (Å²) in [6, 6.07) is 8.82. The zero-order valence-corrected chi connectivity index (χ0v) is 15.6. The van der Waals surface area contributed by atoms with Crippen LogP contribution >= 0.6 is 0 Å². The Morgan fingerprint density at radius 3 is 3.14 bits per heavy atom. The Morgan fingerprint density at radius 1 is 1.25 bits per heavy atom. The summed E-state index contributed by atoms with van der Waals surface area (Å²) in [7, 11) is 0. The Bertz CT molecular complexity index is 1080. The first kappa shape index (κ1) is 17.1. The lowest BCUT2D eigenvalue weighted by Crippen LogP contribution is -2.51. The first-order valence-electron chi connectivity index (χ1n) is 9.61. The number of aromatic amines is 1. The van der Waals surface area contributed by atoms with E-state index in [-0.39, 0.29) is 0 Å². The van der Waals surface area contributed by atoms with Crippen LogP contribution in [0.5, 0.6) is 5.75 Å². The average molecular weight is 374 g/mol. The SMILES string of the molecule is NCCC#Cc1c[nH]c2ncc(-c3ccc4c(c3)OCC3COCCN43)cc12. The highest BCUT2D eigenvalue weighted by Crippen LogP contribution is 2.38. The largest absolute Gasteiger partial charge is 0.489 e. The number of benzene rings is 1. The van der Waals surface area contributed by atoms with Gasteiger partial charge >= 0.3 is 0 Å². The Morgan fingerprint density at radius 2 is 2.21 bits per heavy atom. The van der Waals surface area contributed by atoms with Gasteiger partial charge in [0.15, 0.2) is 0 Å². The van der Waals surface area contributed by atoms with Gasteiger partial charge in [0.1, 0.15) is 18.0 Å². The lowest BCUT2D eigenvalue weighted by molar-refractivity contribution is 0.0705. The maximum atomic E-state index is 6.03. The van der Waals surface area contributed by atoms with Gasteiger partial charge in [0.25, 0.3) is 0 Å². The highest BCUT2D eigenvalue weighted by atomic mass is 16.5. The number of aromatic nitrogens is 2. The van der Waals surface area contributed by atoms with Crippen molar-refractivity contribution in [2.75, 3.05) is 37.8 Å². The van der Waals surface area contributed by atoms with Crippen molar-refractivity contribution in [2.45, 2.75) is 12.5 Å². The molecule has 1 saturated heterocycles. The normalized spacial score (nSPS) is 18.0. The molecule has 0 amide bonds. The Hall–Kier alpha value is -3.01. The van der Waals surface area contributed by atoms with Crippen molar-refractivity contribution in [3.8, 4) is 28.7 Å². The molecule has 0 radical (unpaired) electrons. The quantitative estimate of drug-likeness (QED) is 0.674. The lowest BCUT2D eigenvalue weighted by Gasteiger charge is -2.41. The van der Waals surface area contributed by atoms with Crippen LogP contribution in [-0.2, 0) is 4.74 Å². The molecule has 1 unspecified atom stereocenters. The van der Waals surface area contributed by atoms with Gasteiger partial charge in [-0.2, -0.15) is 0 Å². The molecule has 0 spiro atoms. The van der Waals surface area contributed by atoms with Crippen LogP contribution < -0.4 is 15.4 Å². The third-order valence-corrected chi connectivity index (χ3v) is 5.28. The van der Waals surface area contributed by atoms with E-state index < -0.39 is 0 Å². The van der Waals surface area contributed by atoms with E-state index in [1.807, 2.05) is 12.4 Å². The maximum Gasteiger partial charge on any atom is 0.143 e. The van der Waals surface area contributed by atoms with E-state index in [0.717, 1.165) is 58.9 Å². The van der Waals surface area contributed by atoms with Crippen LogP contribution in [0.4, 0.5) is 5.69 Å². The van der Waals surface area contributed by atoms with E-state index in [1.54, 1.807) is 0 Å². The minimum absolute atomic E-state index is 0.305. The maximum absolute atomic E-state index is 6.03. The Labute approximate surface area is 163 Å². The molecule has 0 aliphatic carbocycles. The summed E-state index contributed by atoms with van der Waals surface area (Å²) in [6.07, 6.45) is 4.47. The van der Waals surface area contributed by atoms with E-state index in [4.69, 9.17) is 15.2 Å². The molecule has 3 aromatic rings. The first-order valence-corrected chi connectivity index (χ1v) is 9.61. The highest BCUT2D eigenvalue weighted by molar-refractivity contribution is 5.87. The number of nitrogens with one attached hydrogen (secondary N) is 1. The highest BCUT2D eigenvalue weighted by Gasteiger charge is 2.30. The summed E-state index contributed by atoms with van der Waals surface area (Å²) in [5.41, 5.74) is 10.6. The summed E-state index contributed by atoms with van der Waals surface area (Å²) in [6.45, 7) is 3.62. The summed E-state index contributed by atoms with van der Waals surface area (Å²) in [5, 5.41) is 1.02. The predicted molar refractivity (Wildman–Crippen MR) is 110 cm³/mol. The van der Waals surface area contributed by atoms with Gasteiger partial charge in [-0.1, -0.05) is 17.9 Å². The fourth-order valence-electron chi connectivity index (χ4n) is 3.84. The molecule has 142 valence electrons. The molecule has 6 heteroatoms. The molecular weight excluding hydrogens is 352 g/mol. The van der Waals surface area contributed by atoms with Crippen molar-refractivity contribution in [1.82, 2.24) is 9.97 Å². The van der Waals surface area contributed by atoms with Gasteiger partial charge in [0.05, 0.1) is 30.5 Å². The van der Waals surface area contributed by atoms with Crippen molar-refractivity contribution in [1.29, 1.82) is 0 Å². The molecule has 0 bridgehead atoms. The van der Waals surface area contributed by atoms with Gasteiger partial charge in [-0.05, 0) is 23.8 Å². The number of ether oxygens (including phenoxy) is 2. The molecule has 5 rings (SSSR count). The van der Waals surface area contributed by atoms with Crippen LogP contribution in [-0.4, -0.2) is 48.9 Å². The molecule has 1 aromatic carbocycles. The van der Waals surface area contributed by atoms with Crippen LogP contribution in [0.3, 0.4) is 0 Å². The zero-order chi connectivity index (χ0) is 18.9. The number of hydrogen-bond donors (Lipinski definition) is 2. The van der Waals surface area contributed by atoms with Crippen molar-refractivity contribution >= 4 is 16.7 Å².